The van der Waals surface area contributed by atoms with E-state index in [1.54, 1.807) is 30.5 Å². The third-order valence-corrected chi connectivity index (χ3v) is 6.83. The van der Waals surface area contributed by atoms with Gasteiger partial charge in [-0.25, -0.2) is 23.3 Å². The summed E-state index contributed by atoms with van der Waals surface area (Å²) in [5.74, 6) is -0.937. The van der Waals surface area contributed by atoms with Gasteiger partial charge in [0.05, 0.1) is 18.8 Å². The molecule has 3 aromatic rings. The fourth-order valence-electron chi connectivity index (χ4n) is 3.25. The van der Waals surface area contributed by atoms with E-state index >= 15 is 0 Å². The van der Waals surface area contributed by atoms with Crippen LogP contribution in [-0.2, 0) is 21.4 Å². The topological polar surface area (TPSA) is 93.5 Å². The molecule has 0 saturated carbocycles. The molecule has 0 saturated heterocycles. The van der Waals surface area contributed by atoms with Crippen LogP contribution >= 0.6 is 0 Å². The van der Waals surface area contributed by atoms with Crippen molar-refractivity contribution in [3.05, 3.63) is 59.8 Å². The van der Waals surface area contributed by atoms with Gasteiger partial charge in [0.1, 0.15) is 16.4 Å². The molecule has 0 radical (unpaired) electrons. The van der Waals surface area contributed by atoms with Crippen molar-refractivity contribution in [3.8, 4) is 0 Å². The molecule has 0 unspecified atom stereocenters. The van der Waals surface area contributed by atoms with Crippen LogP contribution in [-0.4, -0.2) is 48.4 Å². The maximum Gasteiger partial charge on any atom is 0.293 e. The van der Waals surface area contributed by atoms with E-state index in [4.69, 9.17) is 0 Å². The molecule has 0 aliphatic heterocycles. The van der Waals surface area contributed by atoms with Gasteiger partial charge in [0.15, 0.2) is 0 Å². The number of nitrogens with one attached hydrogen (secondary N) is 1. The van der Waals surface area contributed by atoms with Crippen LogP contribution in [0.4, 0.5) is 4.39 Å². The normalized spacial score (nSPS) is 11.9. The third kappa shape index (κ3) is 4.20. The highest BCUT2D eigenvalue weighted by Gasteiger charge is 2.27. The molecule has 0 spiro atoms. The molecule has 0 aliphatic carbocycles. The summed E-state index contributed by atoms with van der Waals surface area (Å²) in [6.07, 6.45) is 2.98. The molecule has 160 valence electrons. The number of rotatable bonds is 8. The summed E-state index contributed by atoms with van der Waals surface area (Å²) < 4.78 is 42.8. The summed E-state index contributed by atoms with van der Waals surface area (Å²) in [6.45, 7) is 4.46. The van der Waals surface area contributed by atoms with Gasteiger partial charge >= 0.3 is 0 Å². The van der Waals surface area contributed by atoms with Crippen LogP contribution in [0.1, 0.15) is 29.9 Å². The number of amides is 1. The van der Waals surface area contributed by atoms with Gasteiger partial charge in [0.25, 0.3) is 5.91 Å². The maximum absolute atomic E-state index is 13.2. The molecule has 0 aliphatic rings. The molecule has 1 N–H and O–H groups in total. The minimum absolute atomic E-state index is 0.0277. The largest absolute Gasteiger partial charge is 0.340 e. The number of hydrogen-bond acceptors (Lipinski definition) is 5. The molecule has 8 nitrogen and oxygen atoms in total. The Kier molecular flexibility index (Phi) is 6.49. The van der Waals surface area contributed by atoms with Gasteiger partial charge < -0.3 is 4.57 Å². The zero-order valence-electron chi connectivity index (χ0n) is 16.9. The number of pyridine rings is 1. The number of fused-ring (bicyclic) bond motifs is 1. The van der Waals surface area contributed by atoms with Gasteiger partial charge in [-0.05, 0) is 23.8 Å². The first-order valence-electron chi connectivity index (χ1n) is 9.38. The molecule has 30 heavy (non-hydrogen) atoms. The van der Waals surface area contributed by atoms with Crippen LogP contribution < -0.4 is 5.48 Å². The van der Waals surface area contributed by atoms with Crippen molar-refractivity contribution >= 4 is 26.8 Å². The maximum atomic E-state index is 13.2. The standard InChI is InChI=1S/C20H23FN4O4S/c1-4-25(5-2)30(27,28)19-13-24(12-14-6-8-15(21)9-7-14)18-11-22-17(10-16(18)19)20(26)23-29-3/h6-11,13H,4-5,12H2,1-3H3,(H,23,26). The number of benzene rings is 1. The molecule has 0 bridgehead atoms. The number of hydroxylamine groups is 1. The van der Waals surface area contributed by atoms with E-state index in [2.05, 4.69) is 15.3 Å². The number of carbonyl (C=O) groups excluding carboxylic acids is 1. The van der Waals surface area contributed by atoms with Crippen LogP contribution in [0.15, 0.2) is 47.6 Å². The zero-order chi connectivity index (χ0) is 21.9. The lowest BCUT2D eigenvalue weighted by molar-refractivity contribution is 0.0532. The predicted molar refractivity (Wildman–Crippen MR) is 110 cm³/mol. The van der Waals surface area contributed by atoms with E-state index in [9.17, 15) is 17.6 Å². The number of carbonyl (C=O) groups is 1. The van der Waals surface area contributed by atoms with Crippen LogP contribution in [0, 0.1) is 5.82 Å². The summed E-state index contributed by atoms with van der Waals surface area (Å²) >= 11 is 0. The molecule has 3 rings (SSSR count). The smallest absolute Gasteiger partial charge is 0.293 e. The van der Waals surface area contributed by atoms with Crippen molar-refractivity contribution in [1.29, 1.82) is 0 Å². The fraction of sp³-hybridized carbons (Fsp3) is 0.300. The number of aromatic nitrogens is 2. The van der Waals surface area contributed by atoms with E-state index in [-0.39, 0.29) is 16.4 Å². The van der Waals surface area contributed by atoms with Crippen molar-refractivity contribution in [1.82, 2.24) is 19.3 Å². The Balaban J connectivity index is 2.18. The van der Waals surface area contributed by atoms with Crippen molar-refractivity contribution in [2.45, 2.75) is 25.3 Å². The SMILES string of the molecule is CCN(CC)S(=O)(=O)c1cn(Cc2ccc(F)cc2)c2cnc(C(=O)NOC)cc12. The molecular formula is C20H23FN4O4S. The molecule has 1 amide bonds. The Morgan fingerprint density at radius 1 is 1.23 bits per heavy atom. The number of nitrogens with zero attached hydrogens (tertiary/aromatic N) is 3. The first-order chi connectivity index (χ1) is 14.3. The van der Waals surface area contributed by atoms with Gasteiger partial charge in [0, 0.05) is 31.2 Å². The second-order valence-corrected chi connectivity index (χ2v) is 8.47. The first-order valence-corrected chi connectivity index (χ1v) is 10.8. The van der Waals surface area contributed by atoms with E-state index < -0.39 is 15.9 Å². The van der Waals surface area contributed by atoms with Crippen LogP contribution in [0.2, 0.25) is 0 Å². The molecule has 0 atom stereocenters. The first kappa shape index (κ1) is 21.9. The van der Waals surface area contributed by atoms with Crippen molar-refractivity contribution in [2.24, 2.45) is 0 Å². The fourth-order valence-corrected chi connectivity index (χ4v) is 4.91. The van der Waals surface area contributed by atoms with Crippen LogP contribution in [0.25, 0.3) is 10.9 Å². The highest BCUT2D eigenvalue weighted by atomic mass is 32.2. The second-order valence-electron chi connectivity index (χ2n) is 6.56. The van der Waals surface area contributed by atoms with E-state index in [0.29, 0.717) is 30.5 Å². The predicted octanol–water partition coefficient (Wildman–Crippen LogP) is 2.55. The Labute approximate surface area is 174 Å². The van der Waals surface area contributed by atoms with Gasteiger partial charge in [-0.15, -0.1) is 0 Å². The zero-order valence-corrected chi connectivity index (χ0v) is 17.7. The van der Waals surface area contributed by atoms with E-state index in [1.165, 1.54) is 42.0 Å². The van der Waals surface area contributed by atoms with Crippen molar-refractivity contribution in [3.63, 3.8) is 0 Å². The molecule has 2 aromatic heterocycles. The Morgan fingerprint density at radius 2 is 1.90 bits per heavy atom. The average molecular weight is 434 g/mol. The Hall–Kier alpha value is -2.82. The summed E-state index contributed by atoms with van der Waals surface area (Å²) in [5, 5.41) is 0.375. The molecule has 1 aromatic carbocycles. The van der Waals surface area contributed by atoms with Gasteiger partial charge in [-0.3, -0.25) is 9.63 Å². The van der Waals surface area contributed by atoms with Gasteiger partial charge in [-0.2, -0.15) is 4.31 Å². The molecule has 10 heteroatoms. The lowest BCUT2D eigenvalue weighted by Crippen LogP contribution is -2.30. The average Bonchev–Trinajstić information content (AvgIpc) is 3.09. The summed E-state index contributed by atoms with van der Waals surface area (Å²) in [6, 6.07) is 7.39. The highest BCUT2D eigenvalue weighted by molar-refractivity contribution is 7.89. The third-order valence-electron chi connectivity index (χ3n) is 4.75. The van der Waals surface area contributed by atoms with E-state index in [1.807, 2.05) is 0 Å². The summed E-state index contributed by atoms with van der Waals surface area (Å²) in [4.78, 5) is 21.0. The minimum atomic E-state index is -3.80. The van der Waals surface area contributed by atoms with Gasteiger partial charge in [0.2, 0.25) is 10.0 Å². The van der Waals surface area contributed by atoms with Crippen LogP contribution in [0.5, 0.6) is 0 Å². The molecule has 2 heterocycles. The highest BCUT2D eigenvalue weighted by Crippen LogP contribution is 2.29. The summed E-state index contributed by atoms with van der Waals surface area (Å²) in [5.41, 5.74) is 3.54. The Bertz CT molecular complexity index is 1160. The summed E-state index contributed by atoms with van der Waals surface area (Å²) in [7, 11) is -2.50. The number of halogens is 1. The lowest BCUT2D eigenvalue weighted by Gasteiger charge is -2.17. The molecule has 0 fully saturated rings. The quantitative estimate of drug-likeness (QED) is 0.550. The Morgan fingerprint density at radius 3 is 2.50 bits per heavy atom. The second kappa shape index (κ2) is 8.90. The van der Waals surface area contributed by atoms with Crippen molar-refractivity contribution in [2.75, 3.05) is 20.2 Å². The monoisotopic (exact) mass is 434 g/mol. The van der Waals surface area contributed by atoms with Crippen molar-refractivity contribution < 1.29 is 22.4 Å². The minimum Gasteiger partial charge on any atom is -0.340 e. The van der Waals surface area contributed by atoms with Gasteiger partial charge in [-0.1, -0.05) is 26.0 Å². The van der Waals surface area contributed by atoms with E-state index in [0.717, 1.165) is 5.56 Å². The lowest BCUT2D eigenvalue weighted by atomic mass is 10.2. The van der Waals surface area contributed by atoms with Crippen LogP contribution in [0.3, 0.4) is 0 Å². The number of hydrogen-bond donors (Lipinski definition) is 1. The molecular weight excluding hydrogens is 411 g/mol. The number of sulfonamides is 1.